The summed E-state index contributed by atoms with van der Waals surface area (Å²) in [5.74, 6) is 1.46. The minimum absolute atomic E-state index is 0.663. The quantitative estimate of drug-likeness (QED) is 0.862. The summed E-state index contributed by atoms with van der Waals surface area (Å²) in [6, 6.07) is 6.27. The van der Waals surface area contributed by atoms with Crippen molar-refractivity contribution >= 4 is 11.1 Å². The fraction of sp³-hybridized carbons (Fsp3) is 0.500. The average Bonchev–Trinajstić information content (AvgIpc) is 2.67. The van der Waals surface area contributed by atoms with Gasteiger partial charge in [-0.25, -0.2) is 4.98 Å². The fourth-order valence-electron chi connectivity index (χ4n) is 1.98. The molecule has 0 atom stereocenters. The van der Waals surface area contributed by atoms with Crippen molar-refractivity contribution in [1.29, 1.82) is 0 Å². The molecule has 92 valence electrons. The zero-order chi connectivity index (χ0) is 12.3. The van der Waals surface area contributed by atoms with Gasteiger partial charge in [-0.2, -0.15) is 0 Å². The first-order valence-electron chi connectivity index (χ1n) is 6.27. The average molecular weight is 232 g/mol. The van der Waals surface area contributed by atoms with Crippen LogP contribution in [0.1, 0.15) is 31.7 Å². The van der Waals surface area contributed by atoms with Crippen LogP contribution >= 0.6 is 0 Å². The van der Waals surface area contributed by atoms with Crippen molar-refractivity contribution in [3.05, 3.63) is 29.7 Å². The molecule has 0 saturated carbocycles. The molecule has 0 unspecified atom stereocenters. The third-order valence-electron chi connectivity index (χ3n) is 2.73. The number of aryl methyl sites for hydroxylation is 1. The molecule has 2 rings (SSSR count). The van der Waals surface area contributed by atoms with Gasteiger partial charge in [-0.05, 0) is 43.0 Å². The van der Waals surface area contributed by atoms with E-state index in [1.54, 1.807) is 0 Å². The van der Waals surface area contributed by atoms with Gasteiger partial charge >= 0.3 is 0 Å². The maximum absolute atomic E-state index is 5.66. The Morgan fingerprint density at radius 2 is 2.18 bits per heavy atom. The Bertz CT molecular complexity index is 488. The molecule has 1 heterocycles. The lowest BCUT2D eigenvalue weighted by molar-refractivity contribution is 0.521. The number of oxazole rings is 1. The van der Waals surface area contributed by atoms with Gasteiger partial charge in [0.25, 0.3) is 0 Å². The number of benzene rings is 1. The summed E-state index contributed by atoms with van der Waals surface area (Å²) in [5.41, 5.74) is 8.65. The summed E-state index contributed by atoms with van der Waals surface area (Å²) in [7, 11) is 0. The Kier molecular flexibility index (Phi) is 3.79. The van der Waals surface area contributed by atoms with Crippen LogP contribution in [0, 0.1) is 5.92 Å². The van der Waals surface area contributed by atoms with E-state index >= 15 is 0 Å². The molecule has 17 heavy (non-hydrogen) atoms. The summed E-state index contributed by atoms with van der Waals surface area (Å²) in [6.07, 6.45) is 2.83. The first kappa shape index (κ1) is 12.1. The van der Waals surface area contributed by atoms with Crippen LogP contribution in [0.4, 0.5) is 0 Å². The van der Waals surface area contributed by atoms with Crippen molar-refractivity contribution in [1.82, 2.24) is 4.98 Å². The third kappa shape index (κ3) is 3.07. The lowest BCUT2D eigenvalue weighted by Crippen LogP contribution is -2.00. The normalized spacial score (nSPS) is 11.5. The highest BCUT2D eigenvalue weighted by Crippen LogP contribution is 2.19. The van der Waals surface area contributed by atoms with E-state index in [4.69, 9.17) is 10.2 Å². The number of hydrogen-bond donors (Lipinski definition) is 1. The van der Waals surface area contributed by atoms with Crippen molar-refractivity contribution in [2.45, 2.75) is 33.1 Å². The monoisotopic (exact) mass is 232 g/mol. The van der Waals surface area contributed by atoms with Crippen molar-refractivity contribution in [2.24, 2.45) is 11.7 Å². The molecule has 3 nitrogen and oxygen atoms in total. The summed E-state index contributed by atoms with van der Waals surface area (Å²) in [5, 5.41) is 0. The van der Waals surface area contributed by atoms with E-state index < -0.39 is 0 Å². The molecule has 0 fully saturated rings. The predicted molar refractivity (Wildman–Crippen MR) is 69.9 cm³/mol. The van der Waals surface area contributed by atoms with Crippen LogP contribution in [-0.4, -0.2) is 11.5 Å². The summed E-state index contributed by atoms with van der Waals surface area (Å²) in [4.78, 5) is 4.50. The molecule has 0 spiro atoms. The zero-order valence-electron chi connectivity index (χ0n) is 10.6. The molecule has 1 aromatic carbocycles. The Morgan fingerprint density at radius 1 is 1.35 bits per heavy atom. The number of hydrogen-bond acceptors (Lipinski definition) is 3. The lowest BCUT2D eigenvalue weighted by Gasteiger charge is -2.03. The van der Waals surface area contributed by atoms with Crippen LogP contribution in [0.25, 0.3) is 11.1 Å². The highest BCUT2D eigenvalue weighted by atomic mass is 16.3. The molecule has 3 heteroatoms. The summed E-state index contributed by atoms with van der Waals surface area (Å²) < 4.78 is 5.66. The molecule has 2 aromatic rings. The maximum Gasteiger partial charge on any atom is 0.195 e. The first-order valence-corrected chi connectivity index (χ1v) is 6.27. The van der Waals surface area contributed by atoms with Gasteiger partial charge < -0.3 is 10.2 Å². The molecular formula is C14H20N2O. The van der Waals surface area contributed by atoms with Crippen LogP contribution in [0.2, 0.25) is 0 Å². The lowest BCUT2D eigenvalue weighted by atomic mass is 10.0. The molecule has 0 aliphatic rings. The van der Waals surface area contributed by atoms with Crippen LogP contribution in [-0.2, 0) is 12.8 Å². The Morgan fingerprint density at radius 3 is 2.88 bits per heavy atom. The Balaban J connectivity index is 2.21. The number of fused-ring (bicyclic) bond motifs is 1. The van der Waals surface area contributed by atoms with Crippen molar-refractivity contribution in [2.75, 3.05) is 6.54 Å². The Hall–Kier alpha value is -1.35. The molecule has 0 radical (unpaired) electrons. The molecule has 0 aliphatic carbocycles. The molecule has 0 aliphatic heterocycles. The van der Waals surface area contributed by atoms with Gasteiger partial charge in [0.1, 0.15) is 5.52 Å². The van der Waals surface area contributed by atoms with Gasteiger partial charge in [-0.15, -0.1) is 0 Å². The van der Waals surface area contributed by atoms with E-state index in [0.29, 0.717) is 12.5 Å². The van der Waals surface area contributed by atoms with E-state index in [1.165, 1.54) is 5.56 Å². The molecule has 0 saturated heterocycles. The third-order valence-corrected chi connectivity index (χ3v) is 2.73. The number of rotatable bonds is 5. The van der Waals surface area contributed by atoms with E-state index in [2.05, 4.69) is 31.0 Å². The number of aromatic nitrogens is 1. The Labute approximate surface area is 102 Å². The van der Waals surface area contributed by atoms with Gasteiger partial charge in [0.15, 0.2) is 11.5 Å². The van der Waals surface area contributed by atoms with Gasteiger partial charge in [-0.3, -0.25) is 0 Å². The van der Waals surface area contributed by atoms with Crippen LogP contribution < -0.4 is 5.73 Å². The van der Waals surface area contributed by atoms with Crippen molar-refractivity contribution < 1.29 is 4.42 Å². The van der Waals surface area contributed by atoms with Gasteiger partial charge in [0, 0.05) is 6.42 Å². The largest absolute Gasteiger partial charge is 0.441 e. The summed E-state index contributed by atoms with van der Waals surface area (Å²) in [6.45, 7) is 5.12. The standard InChI is InChI=1S/C14H20N2O/c1-10(2)8-11-5-6-13-12(9-11)16-14(17-13)4-3-7-15/h5-6,9-10H,3-4,7-8,15H2,1-2H3. The second-order valence-corrected chi connectivity index (χ2v) is 4.90. The molecule has 0 bridgehead atoms. The smallest absolute Gasteiger partial charge is 0.195 e. The first-order chi connectivity index (χ1) is 8.19. The highest BCUT2D eigenvalue weighted by Gasteiger charge is 2.06. The van der Waals surface area contributed by atoms with Crippen molar-refractivity contribution in [3.8, 4) is 0 Å². The van der Waals surface area contributed by atoms with Crippen LogP contribution in [0.15, 0.2) is 22.6 Å². The topological polar surface area (TPSA) is 52.0 Å². The highest BCUT2D eigenvalue weighted by molar-refractivity contribution is 5.73. The van der Waals surface area contributed by atoms with E-state index in [1.807, 2.05) is 6.07 Å². The van der Waals surface area contributed by atoms with Gasteiger partial charge in [0.05, 0.1) is 0 Å². The van der Waals surface area contributed by atoms with E-state index in [-0.39, 0.29) is 0 Å². The van der Waals surface area contributed by atoms with Crippen LogP contribution in [0.5, 0.6) is 0 Å². The van der Waals surface area contributed by atoms with E-state index in [9.17, 15) is 0 Å². The minimum atomic E-state index is 0.663. The van der Waals surface area contributed by atoms with Gasteiger partial charge in [0.2, 0.25) is 0 Å². The second kappa shape index (κ2) is 5.32. The minimum Gasteiger partial charge on any atom is -0.441 e. The molecule has 0 amide bonds. The maximum atomic E-state index is 5.66. The van der Waals surface area contributed by atoms with E-state index in [0.717, 1.165) is 36.3 Å². The molecular weight excluding hydrogens is 212 g/mol. The second-order valence-electron chi connectivity index (χ2n) is 4.90. The van der Waals surface area contributed by atoms with Crippen LogP contribution in [0.3, 0.4) is 0 Å². The molecule has 1 aromatic heterocycles. The number of nitrogens with zero attached hydrogens (tertiary/aromatic N) is 1. The number of nitrogens with two attached hydrogens (primary N) is 1. The SMILES string of the molecule is CC(C)Cc1ccc2oc(CCCN)nc2c1. The summed E-state index contributed by atoms with van der Waals surface area (Å²) >= 11 is 0. The molecule has 2 N–H and O–H groups in total. The zero-order valence-corrected chi connectivity index (χ0v) is 10.6. The van der Waals surface area contributed by atoms with Crippen molar-refractivity contribution in [3.63, 3.8) is 0 Å². The fourth-order valence-corrected chi connectivity index (χ4v) is 1.98. The van der Waals surface area contributed by atoms with Gasteiger partial charge in [-0.1, -0.05) is 19.9 Å². The predicted octanol–water partition coefficient (Wildman–Crippen LogP) is 2.92.